The zero-order valence-electron chi connectivity index (χ0n) is 11.0. The first kappa shape index (κ1) is 15.8. The zero-order chi connectivity index (χ0) is 12.1. The zero-order valence-corrected chi connectivity index (χ0v) is 11.0. The van der Waals surface area contributed by atoms with Gasteiger partial charge in [0.15, 0.2) is 0 Å². The van der Waals surface area contributed by atoms with Crippen LogP contribution in [0.25, 0.3) is 0 Å². The Hall–Kier alpha value is -0.223. The second kappa shape index (κ2) is 12.8. The van der Waals surface area contributed by atoms with Crippen LogP contribution in [-0.4, -0.2) is 30.9 Å². The molecule has 0 aliphatic heterocycles. The molecule has 0 heterocycles. The molecule has 0 amide bonds. The molecule has 0 radical (unpaired) electrons. The van der Waals surface area contributed by atoms with Gasteiger partial charge in [0.25, 0.3) is 0 Å². The van der Waals surface area contributed by atoms with Crippen LogP contribution in [0.5, 0.6) is 0 Å². The van der Waals surface area contributed by atoms with Crippen LogP contribution in [0.3, 0.4) is 0 Å². The van der Waals surface area contributed by atoms with Crippen LogP contribution in [0.2, 0.25) is 0 Å². The van der Waals surface area contributed by atoms with Gasteiger partial charge in [0.1, 0.15) is 0 Å². The summed E-state index contributed by atoms with van der Waals surface area (Å²) in [6, 6.07) is 10.3. The first-order chi connectivity index (χ1) is 7.81. The molecule has 0 N–H and O–H groups in total. The van der Waals surface area contributed by atoms with E-state index in [0.29, 0.717) is 0 Å². The Morgan fingerprint density at radius 1 is 0.938 bits per heavy atom. The van der Waals surface area contributed by atoms with Crippen molar-refractivity contribution in [3.8, 4) is 0 Å². The number of hydrogen-bond acceptors (Lipinski definition) is 1. The Kier molecular flexibility index (Phi) is 12.7. The number of rotatable bonds is 6. The van der Waals surface area contributed by atoms with E-state index in [2.05, 4.69) is 43.7 Å². The van der Waals surface area contributed by atoms with Crippen molar-refractivity contribution in [2.24, 2.45) is 0 Å². The predicted molar refractivity (Wildman–Crippen MR) is 72.5 cm³/mol. The van der Waals surface area contributed by atoms with Crippen LogP contribution in [0, 0.1) is 0 Å². The molecule has 0 saturated carbocycles. The van der Waals surface area contributed by atoms with Gasteiger partial charge in [-0.1, -0.05) is 26.7 Å². The molecule has 0 spiro atoms. The summed E-state index contributed by atoms with van der Waals surface area (Å²) in [5.74, 6) is 0. The molecule has 16 heavy (non-hydrogen) atoms. The van der Waals surface area contributed by atoms with E-state index >= 15 is 0 Å². The Morgan fingerprint density at radius 2 is 1.44 bits per heavy atom. The summed E-state index contributed by atoms with van der Waals surface area (Å²) in [5.41, 5.74) is 0. The average Bonchev–Trinajstić information content (AvgIpc) is 2.31. The molecule has 1 nitrogen and oxygen atoms in total. The molecule has 0 aliphatic rings. The van der Waals surface area contributed by atoms with Crippen molar-refractivity contribution in [1.82, 2.24) is 0 Å². The summed E-state index contributed by atoms with van der Waals surface area (Å²) in [7, 11) is 0. The molecule has 86 valence electrons. The summed E-state index contributed by atoms with van der Waals surface area (Å²) >= 11 is 2.08. The van der Waals surface area contributed by atoms with E-state index in [-0.39, 0.29) is 0 Å². The van der Waals surface area contributed by atoms with Crippen LogP contribution >= 0.6 is 0 Å². The summed E-state index contributed by atoms with van der Waals surface area (Å²) in [6.07, 6.45) is 4.91. The standard InChI is InChI=1S/C8H18O.C6H5.Li/c1-3-5-7-9-8-6-4-2;1-2-4-6-5-3-1;/h3-8H2,1-2H3;1-5H;. The average molecular weight is 214 g/mol. The van der Waals surface area contributed by atoms with Crippen LogP contribution in [0.1, 0.15) is 39.5 Å². The first-order valence-corrected chi connectivity index (χ1v) is 6.40. The SMILES string of the molecule is CCCCOCCCC.[Li][c]1ccccc1. The van der Waals surface area contributed by atoms with Crippen molar-refractivity contribution in [1.29, 1.82) is 0 Å². The van der Waals surface area contributed by atoms with E-state index < -0.39 is 0 Å². The van der Waals surface area contributed by atoms with Gasteiger partial charge in [-0.15, -0.1) is 0 Å². The van der Waals surface area contributed by atoms with Gasteiger partial charge in [-0.3, -0.25) is 0 Å². The van der Waals surface area contributed by atoms with E-state index in [1.807, 2.05) is 18.2 Å². The third-order valence-corrected chi connectivity index (χ3v) is 2.22. The molecule has 0 fully saturated rings. The van der Waals surface area contributed by atoms with Gasteiger partial charge in [-0.05, 0) is 12.8 Å². The van der Waals surface area contributed by atoms with Gasteiger partial charge < -0.3 is 4.74 Å². The molecule has 0 unspecified atom stereocenters. The number of hydrogen-bond donors (Lipinski definition) is 0. The van der Waals surface area contributed by atoms with Crippen molar-refractivity contribution >= 4 is 22.0 Å². The first-order valence-electron chi connectivity index (χ1n) is 6.40. The monoisotopic (exact) mass is 214 g/mol. The number of benzene rings is 1. The fourth-order valence-corrected chi connectivity index (χ4v) is 1.13. The maximum absolute atomic E-state index is 5.31. The second-order valence-corrected chi connectivity index (χ2v) is 3.97. The van der Waals surface area contributed by atoms with Gasteiger partial charge in [0.05, 0.1) is 0 Å². The van der Waals surface area contributed by atoms with E-state index in [1.165, 1.54) is 29.9 Å². The molecule has 1 rings (SSSR count). The minimum absolute atomic E-state index is 0.955. The Morgan fingerprint density at radius 3 is 1.75 bits per heavy atom. The normalized spacial score (nSPS) is 9.50. The van der Waals surface area contributed by atoms with Crippen LogP contribution in [-0.2, 0) is 4.74 Å². The molecule has 1 aromatic carbocycles. The fourth-order valence-electron chi connectivity index (χ4n) is 1.13. The van der Waals surface area contributed by atoms with Crippen molar-refractivity contribution in [2.75, 3.05) is 13.2 Å². The molecular formula is C14H23LiO. The van der Waals surface area contributed by atoms with Gasteiger partial charge in [-0.2, -0.15) is 0 Å². The minimum atomic E-state index is 0.955. The summed E-state index contributed by atoms with van der Waals surface area (Å²) in [4.78, 5) is 0. The Labute approximate surface area is 110 Å². The van der Waals surface area contributed by atoms with Crippen molar-refractivity contribution < 1.29 is 4.74 Å². The molecule has 1 aromatic rings. The van der Waals surface area contributed by atoms with Crippen LogP contribution in [0.4, 0.5) is 0 Å². The third kappa shape index (κ3) is 11.8. The van der Waals surface area contributed by atoms with Gasteiger partial charge in [0.2, 0.25) is 0 Å². The van der Waals surface area contributed by atoms with Gasteiger partial charge in [0, 0.05) is 13.2 Å². The van der Waals surface area contributed by atoms with Crippen molar-refractivity contribution in [3.63, 3.8) is 0 Å². The van der Waals surface area contributed by atoms with E-state index in [9.17, 15) is 0 Å². The van der Waals surface area contributed by atoms with Gasteiger partial charge >= 0.3 is 52.3 Å². The molecule has 0 atom stereocenters. The second-order valence-electron chi connectivity index (χ2n) is 3.97. The molecule has 0 saturated heterocycles. The molecular weight excluding hydrogens is 191 g/mol. The third-order valence-electron chi connectivity index (χ3n) is 2.22. The van der Waals surface area contributed by atoms with Crippen molar-refractivity contribution in [3.05, 3.63) is 30.3 Å². The number of ether oxygens (including phenoxy) is 1. The summed E-state index contributed by atoms with van der Waals surface area (Å²) in [6.45, 7) is 6.28. The van der Waals surface area contributed by atoms with Crippen molar-refractivity contribution in [2.45, 2.75) is 39.5 Å². The van der Waals surface area contributed by atoms with E-state index in [1.54, 1.807) is 0 Å². The molecule has 2 heteroatoms. The van der Waals surface area contributed by atoms with Gasteiger partial charge in [-0.25, -0.2) is 0 Å². The molecule has 0 bridgehead atoms. The Bertz CT molecular complexity index is 217. The topological polar surface area (TPSA) is 9.23 Å². The van der Waals surface area contributed by atoms with E-state index in [4.69, 9.17) is 4.74 Å². The predicted octanol–water partition coefficient (Wildman–Crippen LogP) is 3.08. The van der Waals surface area contributed by atoms with Crippen LogP contribution < -0.4 is 4.24 Å². The fraction of sp³-hybridized carbons (Fsp3) is 0.571. The van der Waals surface area contributed by atoms with E-state index in [0.717, 1.165) is 13.2 Å². The van der Waals surface area contributed by atoms with Crippen LogP contribution in [0.15, 0.2) is 30.3 Å². The quantitative estimate of drug-likeness (QED) is 0.522. The summed E-state index contributed by atoms with van der Waals surface area (Å²) in [5, 5.41) is 0. The molecule has 0 aliphatic carbocycles. The number of unbranched alkanes of at least 4 members (excludes halogenated alkanes) is 2. The molecule has 0 aromatic heterocycles. The Balaban J connectivity index is 0.000000288. The maximum atomic E-state index is 5.31. The summed E-state index contributed by atoms with van der Waals surface area (Å²) < 4.78 is 6.64.